The molecule has 2 rings (SSSR count). The first kappa shape index (κ1) is 9.93. The van der Waals surface area contributed by atoms with Crippen molar-refractivity contribution >= 4 is 11.9 Å². The number of nitrogens with one attached hydrogen (secondary N) is 1. The van der Waals surface area contributed by atoms with Crippen molar-refractivity contribution < 1.29 is 5.11 Å². The van der Waals surface area contributed by atoms with Gasteiger partial charge in [-0.05, 0) is 30.5 Å². The molecule has 1 heterocycles. The quantitative estimate of drug-likeness (QED) is 0.789. The van der Waals surface area contributed by atoms with Crippen LogP contribution in [0.15, 0.2) is 46.7 Å². The van der Waals surface area contributed by atoms with Crippen LogP contribution in [0.3, 0.4) is 0 Å². The van der Waals surface area contributed by atoms with Gasteiger partial charge in [-0.15, -0.1) is 0 Å². The second-order valence-electron chi connectivity index (χ2n) is 3.45. The molecule has 0 aliphatic carbocycles. The van der Waals surface area contributed by atoms with Crippen molar-refractivity contribution in [1.82, 2.24) is 0 Å². The Morgan fingerprint density at radius 3 is 2.80 bits per heavy atom. The lowest BCUT2D eigenvalue weighted by Gasteiger charge is -2.14. The maximum Gasteiger partial charge on any atom is 0.131 e. The first-order chi connectivity index (χ1) is 7.40. The van der Waals surface area contributed by atoms with Gasteiger partial charge in [-0.1, -0.05) is 18.2 Å². The zero-order chi connectivity index (χ0) is 10.5. The van der Waals surface area contributed by atoms with Crippen LogP contribution >= 0.6 is 0 Å². The summed E-state index contributed by atoms with van der Waals surface area (Å²) >= 11 is 0. The number of hydrogen-bond acceptors (Lipinski definition) is 3. The Balaban J connectivity index is 2.17. The molecule has 1 aliphatic heterocycles. The third-order valence-electron chi connectivity index (χ3n) is 2.36. The van der Waals surface area contributed by atoms with Gasteiger partial charge in [0.2, 0.25) is 0 Å². The fourth-order valence-corrected chi connectivity index (χ4v) is 1.54. The number of nitrogens with zero attached hydrogens (tertiary/aromatic N) is 1. The third-order valence-corrected chi connectivity index (χ3v) is 2.36. The van der Waals surface area contributed by atoms with E-state index in [9.17, 15) is 0 Å². The van der Waals surface area contributed by atoms with Crippen LogP contribution in [0.2, 0.25) is 0 Å². The van der Waals surface area contributed by atoms with E-state index in [1.54, 1.807) is 0 Å². The van der Waals surface area contributed by atoms with E-state index in [0.29, 0.717) is 0 Å². The molecule has 3 heteroatoms. The van der Waals surface area contributed by atoms with Crippen molar-refractivity contribution in [2.24, 2.45) is 4.99 Å². The highest BCUT2D eigenvalue weighted by atomic mass is 16.3. The molecule has 3 nitrogen and oxygen atoms in total. The predicted octanol–water partition coefficient (Wildman–Crippen LogP) is 2.17. The number of hydrogen-bond donors (Lipinski definition) is 2. The summed E-state index contributed by atoms with van der Waals surface area (Å²) in [6, 6.07) is 9.86. The lowest BCUT2D eigenvalue weighted by Crippen LogP contribution is -2.08. The lowest BCUT2D eigenvalue weighted by atomic mass is 10.1. The fraction of sp³-hybridized carbons (Fsp3) is 0.250. The first-order valence-electron chi connectivity index (χ1n) is 5.07. The van der Waals surface area contributed by atoms with Gasteiger partial charge in [0.15, 0.2) is 0 Å². The molecule has 0 atom stereocenters. The number of aliphatic hydroxyl groups excluding tert-OH is 1. The van der Waals surface area contributed by atoms with Crippen LogP contribution in [0, 0.1) is 0 Å². The number of benzene rings is 1. The SMILES string of the molecule is OCC1=C(Nc2ccccc2)N=CCC1. The average Bonchev–Trinajstić information content (AvgIpc) is 2.31. The second-order valence-corrected chi connectivity index (χ2v) is 3.45. The van der Waals surface area contributed by atoms with Crippen molar-refractivity contribution in [2.75, 3.05) is 11.9 Å². The summed E-state index contributed by atoms with van der Waals surface area (Å²) in [5.74, 6) is 0.787. The van der Waals surface area contributed by atoms with E-state index in [2.05, 4.69) is 10.3 Å². The maximum atomic E-state index is 9.17. The van der Waals surface area contributed by atoms with Gasteiger partial charge >= 0.3 is 0 Å². The monoisotopic (exact) mass is 202 g/mol. The van der Waals surface area contributed by atoms with E-state index in [1.807, 2.05) is 36.5 Å². The molecule has 78 valence electrons. The molecule has 0 aromatic heterocycles. The normalized spacial score (nSPS) is 15.5. The first-order valence-corrected chi connectivity index (χ1v) is 5.07. The molecule has 1 aromatic carbocycles. The number of rotatable bonds is 3. The molecule has 1 aromatic rings. The van der Waals surface area contributed by atoms with Crippen LogP contribution in [0.25, 0.3) is 0 Å². The highest BCUT2D eigenvalue weighted by Gasteiger charge is 2.08. The largest absolute Gasteiger partial charge is 0.392 e. The van der Waals surface area contributed by atoms with Crippen molar-refractivity contribution in [2.45, 2.75) is 12.8 Å². The van der Waals surface area contributed by atoms with Crippen molar-refractivity contribution in [3.63, 3.8) is 0 Å². The van der Waals surface area contributed by atoms with Crippen molar-refractivity contribution in [3.05, 3.63) is 41.7 Å². The third kappa shape index (κ3) is 2.44. The van der Waals surface area contributed by atoms with Gasteiger partial charge in [-0.3, -0.25) is 0 Å². The fourth-order valence-electron chi connectivity index (χ4n) is 1.54. The summed E-state index contributed by atoms with van der Waals surface area (Å²) in [4.78, 5) is 4.26. The van der Waals surface area contributed by atoms with E-state index in [1.165, 1.54) is 0 Å². The molecule has 0 fully saturated rings. The minimum atomic E-state index is 0.0759. The van der Waals surface area contributed by atoms with E-state index >= 15 is 0 Å². The molecule has 2 N–H and O–H groups in total. The van der Waals surface area contributed by atoms with Crippen LogP contribution in [0.5, 0.6) is 0 Å². The standard InChI is InChI=1S/C12H14N2O/c15-9-10-5-4-8-13-12(10)14-11-6-2-1-3-7-11/h1-3,6-8,14-15H,4-5,9H2. The highest BCUT2D eigenvalue weighted by Crippen LogP contribution is 2.18. The molecule has 0 unspecified atom stereocenters. The zero-order valence-electron chi connectivity index (χ0n) is 8.48. The van der Waals surface area contributed by atoms with E-state index < -0.39 is 0 Å². The molecular formula is C12H14N2O. The van der Waals surface area contributed by atoms with E-state index in [-0.39, 0.29) is 6.61 Å². The Labute approximate surface area is 89.2 Å². The molecular weight excluding hydrogens is 188 g/mol. The van der Waals surface area contributed by atoms with E-state index in [0.717, 1.165) is 29.9 Å². The van der Waals surface area contributed by atoms with E-state index in [4.69, 9.17) is 5.11 Å². The Bertz CT molecular complexity index is 382. The molecule has 15 heavy (non-hydrogen) atoms. The van der Waals surface area contributed by atoms with Gasteiger partial charge in [0.1, 0.15) is 5.82 Å². The van der Waals surface area contributed by atoms with Crippen LogP contribution < -0.4 is 5.32 Å². The topological polar surface area (TPSA) is 44.6 Å². The molecule has 0 saturated heterocycles. The molecule has 1 aliphatic rings. The van der Waals surface area contributed by atoms with Gasteiger partial charge < -0.3 is 10.4 Å². The minimum Gasteiger partial charge on any atom is -0.392 e. The summed E-state index contributed by atoms with van der Waals surface area (Å²) in [6.45, 7) is 0.0759. The Kier molecular flexibility index (Phi) is 3.15. The van der Waals surface area contributed by atoms with Crippen LogP contribution in [-0.4, -0.2) is 17.9 Å². The van der Waals surface area contributed by atoms with Gasteiger partial charge in [-0.25, -0.2) is 4.99 Å². The highest BCUT2D eigenvalue weighted by molar-refractivity contribution is 5.64. The second kappa shape index (κ2) is 4.75. The summed E-state index contributed by atoms with van der Waals surface area (Å²) in [5.41, 5.74) is 1.97. The number of anilines is 1. The Hall–Kier alpha value is -1.61. The summed E-state index contributed by atoms with van der Waals surface area (Å²) in [6.07, 6.45) is 3.68. The number of para-hydroxylation sites is 1. The number of aliphatic imine (C=N–C) groups is 1. The zero-order valence-corrected chi connectivity index (χ0v) is 8.48. The number of aliphatic hydroxyl groups is 1. The molecule has 0 saturated carbocycles. The lowest BCUT2D eigenvalue weighted by molar-refractivity contribution is 0.325. The molecule has 0 bridgehead atoms. The van der Waals surface area contributed by atoms with Crippen LogP contribution in [0.4, 0.5) is 5.69 Å². The van der Waals surface area contributed by atoms with Crippen molar-refractivity contribution in [1.29, 1.82) is 0 Å². The average molecular weight is 202 g/mol. The molecule has 0 radical (unpaired) electrons. The molecule has 0 amide bonds. The van der Waals surface area contributed by atoms with Crippen LogP contribution in [-0.2, 0) is 0 Å². The summed E-state index contributed by atoms with van der Waals surface area (Å²) in [5, 5.41) is 12.4. The molecule has 0 spiro atoms. The van der Waals surface area contributed by atoms with Gasteiger partial charge in [-0.2, -0.15) is 0 Å². The Morgan fingerprint density at radius 1 is 1.27 bits per heavy atom. The summed E-state index contributed by atoms with van der Waals surface area (Å²) in [7, 11) is 0. The summed E-state index contributed by atoms with van der Waals surface area (Å²) < 4.78 is 0. The van der Waals surface area contributed by atoms with Crippen LogP contribution in [0.1, 0.15) is 12.8 Å². The minimum absolute atomic E-state index is 0.0759. The van der Waals surface area contributed by atoms with Gasteiger partial charge in [0.25, 0.3) is 0 Å². The smallest absolute Gasteiger partial charge is 0.131 e. The van der Waals surface area contributed by atoms with Crippen molar-refractivity contribution in [3.8, 4) is 0 Å². The predicted molar refractivity (Wildman–Crippen MR) is 61.9 cm³/mol. The van der Waals surface area contributed by atoms with Gasteiger partial charge in [0.05, 0.1) is 6.61 Å². The Morgan fingerprint density at radius 2 is 2.07 bits per heavy atom. The van der Waals surface area contributed by atoms with Gasteiger partial charge in [0, 0.05) is 11.9 Å². The maximum absolute atomic E-state index is 9.17.